The number of likely N-dealkylation sites (tertiary alicyclic amines) is 2. The second-order valence-electron chi connectivity index (χ2n) is 10.6. The van der Waals surface area contributed by atoms with E-state index in [9.17, 15) is 19.2 Å². The number of hydrogen-bond acceptors (Lipinski definition) is 11. The van der Waals surface area contributed by atoms with Gasteiger partial charge in [-0.1, -0.05) is 102 Å². The van der Waals surface area contributed by atoms with Gasteiger partial charge in [-0.25, -0.2) is 4.79 Å². The van der Waals surface area contributed by atoms with Crippen LogP contribution in [0.25, 0.3) is 0 Å². The number of ether oxygens (including phenoxy) is 1. The molecule has 3 aliphatic rings. The van der Waals surface area contributed by atoms with Gasteiger partial charge in [-0.3, -0.25) is 19.3 Å². The molecule has 0 aromatic heterocycles. The van der Waals surface area contributed by atoms with E-state index in [0.29, 0.717) is 0 Å². The van der Waals surface area contributed by atoms with Crippen LogP contribution in [0.4, 0.5) is 0 Å². The molecule has 11 nitrogen and oxygen atoms in total. The van der Waals surface area contributed by atoms with Crippen molar-refractivity contribution in [2.75, 3.05) is 14.1 Å². The van der Waals surface area contributed by atoms with Gasteiger partial charge in [0.15, 0.2) is 4.21 Å². The molecule has 50 heavy (non-hydrogen) atoms. The molecule has 0 radical (unpaired) electrons. The number of carbonyl (C=O) groups excluding carboxylic acids is 4. The quantitative estimate of drug-likeness (QED) is 0.0264. The fraction of sp³-hybridized carbons (Fsp3) is 0.312. The Morgan fingerprint density at radius 1 is 0.800 bits per heavy atom. The molecule has 3 saturated heterocycles. The summed E-state index contributed by atoms with van der Waals surface area (Å²) in [6.07, 6.45) is 0. The van der Waals surface area contributed by atoms with Crippen LogP contribution in [0, 0.1) is 0 Å². The standard InChI is InChI=1S/C18H17NO3S.C10H11ClNOPS.C4H6O5.2ClH.Zn/c1-13(20)22-18(23-15-11-7-4-8-12-15)16(19(2)17(18)21)14-9-5-3-6-10-14;1-12-8(13)10(11,9(12)14)15-7-5-3-2-4-6-7;1-3(5)6-7-4(2)8-9-4;;;/h3-12,16H,1-2H3;2-6,9H,14H2,1H3;1-2H3;2*1H;/q;;;;;+2/p-2/t16-,18-;9-,10+;;;;/m00..../s1. The second kappa shape index (κ2) is 19.2. The number of hydrogen-bond donors (Lipinski definition) is 0. The molecule has 1 unspecified atom stereocenters. The number of halogens is 3. The zero-order valence-electron chi connectivity index (χ0n) is 27.6. The van der Waals surface area contributed by atoms with E-state index in [-0.39, 0.29) is 23.6 Å². The molecule has 0 saturated carbocycles. The number of rotatable bonds is 8. The molecular formula is C32H34Cl3N2O9PS2Zn. The summed E-state index contributed by atoms with van der Waals surface area (Å²) in [4.78, 5) is 66.8. The third kappa shape index (κ3) is 11.0. The van der Waals surface area contributed by atoms with Crippen molar-refractivity contribution in [1.29, 1.82) is 0 Å². The van der Waals surface area contributed by atoms with Crippen molar-refractivity contribution in [2.45, 2.75) is 57.5 Å². The molecule has 3 aliphatic heterocycles. The predicted molar refractivity (Wildman–Crippen MR) is 191 cm³/mol. The van der Waals surface area contributed by atoms with Crippen LogP contribution in [-0.4, -0.2) is 68.5 Å². The van der Waals surface area contributed by atoms with Crippen LogP contribution >= 0.6 is 63.7 Å². The molecule has 0 bridgehead atoms. The van der Waals surface area contributed by atoms with Crippen molar-refractivity contribution >= 4 is 87.5 Å². The van der Waals surface area contributed by atoms with E-state index in [2.05, 4.69) is 28.8 Å². The average Bonchev–Trinajstić information content (AvgIpc) is 3.85. The molecule has 3 fully saturated rings. The Kier molecular flexibility index (Phi) is 16.3. The van der Waals surface area contributed by atoms with Crippen molar-refractivity contribution in [3.63, 3.8) is 0 Å². The third-order valence-electron chi connectivity index (χ3n) is 6.84. The molecule has 5 atom stereocenters. The Morgan fingerprint density at radius 2 is 1.26 bits per heavy atom. The number of thioether (sulfide) groups is 2. The Hall–Kier alpha value is -1.96. The van der Waals surface area contributed by atoms with Crippen molar-refractivity contribution < 1.29 is 58.6 Å². The van der Waals surface area contributed by atoms with Crippen molar-refractivity contribution in [1.82, 2.24) is 9.80 Å². The summed E-state index contributed by atoms with van der Waals surface area (Å²) in [6, 6.07) is 28.6. The van der Waals surface area contributed by atoms with Gasteiger partial charge in [0.2, 0.25) is 0 Å². The topological polar surface area (TPSA) is 128 Å². The first-order valence-corrected chi connectivity index (χ1v) is 25.2. The summed E-state index contributed by atoms with van der Waals surface area (Å²) in [5.41, 5.74) is 0.944. The molecule has 3 heterocycles. The number of amides is 2. The summed E-state index contributed by atoms with van der Waals surface area (Å²) < 4.78 is 4.71. The van der Waals surface area contributed by atoms with Crippen molar-refractivity contribution in [3.8, 4) is 0 Å². The normalized spacial score (nSPS) is 23.8. The fourth-order valence-corrected chi connectivity index (χ4v) is 8.12. The molecule has 3 aromatic rings. The SMILES string of the molecule is CC(=O)OOC1(C)OO1.CC(=O)O[C@@]1(Sc2ccccc2)C(=O)N(C)[C@H]1c1ccccc1.CN1C(=O)[C@@](Cl)(Sc2ccccc2)[C@@H]1P.[Cl][Zn][Cl]. The molecule has 0 spiro atoms. The van der Waals surface area contributed by atoms with Crippen LogP contribution in [-0.2, 0) is 58.6 Å². The number of alkyl halides is 1. The van der Waals surface area contributed by atoms with Crippen LogP contribution in [0.3, 0.4) is 0 Å². The van der Waals surface area contributed by atoms with Gasteiger partial charge in [-0.15, -0.1) is 14.1 Å². The zero-order chi connectivity index (χ0) is 37.1. The van der Waals surface area contributed by atoms with Crippen LogP contribution in [0.1, 0.15) is 32.4 Å². The monoisotopic (exact) mass is 854 g/mol. The molecule has 18 heteroatoms. The summed E-state index contributed by atoms with van der Waals surface area (Å²) in [5.74, 6) is -2.41. The number of β-lactam (4-membered cyclic amide) rings is 2. The molecule has 3 aromatic carbocycles. The van der Waals surface area contributed by atoms with E-state index in [0.717, 1.165) is 15.4 Å². The summed E-state index contributed by atoms with van der Waals surface area (Å²) in [6.45, 7) is 4.02. The van der Waals surface area contributed by atoms with Gasteiger partial charge in [-0.2, -0.15) is 9.78 Å². The summed E-state index contributed by atoms with van der Waals surface area (Å²) >= 11 is 8.05. The van der Waals surface area contributed by atoms with Gasteiger partial charge < -0.3 is 14.5 Å². The molecule has 6 rings (SSSR count). The maximum absolute atomic E-state index is 12.6. The molecule has 266 valence electrons. The van der Waals surface area contributed by atoms with E-state index in [4.69, 9.17) is 35.7 Å². The van der Waals surface area contributed by atoms with E-state index < -0.39 is 42.2 Å². The number of carbonyl (C=O) groups is 4. The van der Waals surface area contributed by atoms with E-state index in [1.807, 2.05) is 91.0 Å². The summed E-state index contributed by atoms with van der Waals surface area (Å²) in [7, 11) is 16.0. The fourth-order valence-electron chi connectivity index (χ4n) is 4.51. The number of esters is 1. The van der Waals surface area contributed by atoms with Crippen LogP contribution in [0.5, 0.6) is 0 Å². The minimum atomic E-state index is -1.25. The minimum absolute atomic E-state index is 0.0168. The molecular weight excluding hydrogens is 823 g/mol. The first kappa shape index (κ1) is 42.5. The van der Waals surface area contributed by atoms with Gasteiger partial charge in [-0.05, 0) is 29.8 Å². The van der Waals surface area contributed by atoms with Crippen LogP contribution in [0.2, 0.25) is 0 Å². The van der Waals surface area contributed by atoms with Gasteiger partial charge >= 0.3 is 52.4 Å². The number of nitrogens with zero attached hydrogens (tertiary/aromatic N) is 2. The van der Waals surface area contributed by atoms with Crippen molar-refractivity contribution in [2.24, 2.45) is 0 Å². The van der Waals surface area contributed by atoms with Gasteiger partial charge in [0.05, 0.1) is 5.78 Å². The molecule has 0 aliphatic carbocycles. The maximum atomic E-state index is 12.6. The predicted octanol–water partition coefficient (Wildman–Crippen LogP) is 7.13. The van der Waals surface area contributed by atoms with E-state index in [1.54, 1.807) is 23.9 Å². The van der Waals surface area contributed by atoms with Crippen LogP contribution in [0.15, 0.2) is 101 Å². The number of likely N-dealkylation sites (N-methyl/N-ethyl adjacent to an activating group) is 1. The van der Waals surface area contributed by atoms with Crippen molar-refractivity contribution in [3.05, 3.63) is 96.6 Å². The van der Waals surface area contributed by atoms with E-state index >= 15 is 0 Å². The van der Waals surface area contributed by atoms with E-state index in [1.165, 1.54) is 44.3 Å². The second-order valence-corrected chi connectivity index (χ2v) is 19.3. The Balaban J connectivity index is 0.000000214. The van der Waals surface area contributed by atoms with Crippen LogP contribution < -0.4 is 0 Å². The zero-order valence-corrected chi connectivity index (χ0v) is 35.6. The Bertz CT molecular complexity index is 1610. The third-order valence-corrected chi connectivity index (χ3v) is 11.4. The first-order chi connectivity index (χ1) is 23.6. The van der Waals surface area contributed by atoms with Gasteiger partial charge in [0, 0.05) is 44.7 Å². The van der Waals surface area contributed by atoms with Gasteiger partial charge in [0.25, 0.3) is 16.7 Å². The summed E-state index contributed by atoms with van der Waals surface area (Å²) in [5, 5.41) is 0. The number of benzene rings is 3. The average molecular weight is 857 g/mol. The molecule has 2 amide bonds. The van der Waals surface area contributed by atoms with Gasteiger partial charge in [0.1, 0.15) is 6.04 Å². The molecule has 0 N–H and O–H groups in total. The Labute approximate surface area is 322 Å². The first-order valence-electron chi connectivity index (χ1n) is 14.7. The Morgan fingerprint density at radius 3 is 1.68 bits per heavy atom.